The molecule has 1 aromatic heterocycles. The predicted octanol–water partition coefficient (Wildman–Crippen LogP) is 2.11. The molecule has 3 nitrogen and oxygen atoms in total. The standard InChI is InChI=1S/C12H21N3S/c1-15(8-12-9-16-10-14-12)7-6-13-11-4-2-3-5-11/h9-11,13H,2-8H2,1H3. The zero-order valence-corrected chi connectivity index (χ0v) is 10.8. The van der Waals surface area contributed by atoms with Crippen molar-refractivity contribution in [2.75, 3.05) is 20.1 Å². The van der Waals surface area contributed by atoms with Crippen LogP contribution in [0.4, 0.5) is 0 Å². The van der Waals surface area contributed by atoms with Crippen LogP contribution in [0.15, 0.2) is 10.9 Å². The molecule has 1 aliphatic carbocycles. The Balaban J connectivity index is 1.58. The summed E-state index contributed by atoms with van der Waals surface area (Å²) in [5, 5.41) is 5.76. The van der Waals surface area contributed by atoms with Gasteiger partial charge in [-0.3, -0.25) is 4.90 Å². The third kappa shape index (κ3) is 3.85. The van der Waals surface area contributed by atoms with Crippen molar-refractivity contribution in [1.29, 1.82) is 0 Å². The number of rotatable bonds is 6. The van der Waals surface area contributed by atoms with Crippen molar-refractivity contribution in [1.82, 2.24) is 15.2 Å². The first-order valence-electron chi connectivity index (χ1n) is 6.13. The van der Waals surface area contributed by atoms with Crippen molar-refractivity contribution < 1.29 is 0 Å². The van der Waals surface area contributed by atoms with Crippen LogP contribution in [0.1, 0.15) is 31.4 Å². The SMILES string of the molecule is CN(CCNC1CCCC1)Cc1cscn1. The Hall–Kier alpha value is -0.450. The smallest absolute Gasteiger partial charge is 0.0795 e. The molecule has 1 aromatic rings. The van der Waals surface area contributed by atoms with Crippen LogP contribution in [0.2, 0.25) is 0 Å². The van der Waals surface area contributed by atoms with Crippen molar-refractivity contribution in [3.05, 3.63) is 16.6 Å². The summed E-state index contributed by atoms with van der Waals surface area (Å²) in [6.45, 7) is 3.18. The topological polar surface area (TPSA) is 28.2 Å². The van der Waals surface area contributed by atoms with Gasteiger partial charge in [-0.2, -0.15) is 0 Å². The summed E-state index contributed by atoms with van der Waals surface area (Å²) < 4.78 is 0. The van der Waals surface area contributed by atoms with Gasteiger partial charge in [0.25, 0.3) is 0 Å². The van der Waals surface area contributed by atoms with Gasteiger partial charge in [-0.15, -0.1) is 11.3 Å². The average Bonchev–Trinajstić information content (AvgIpc) is 2.90. The maximum Gasteiger partial charge on any atom is 0.0795 e. The molecule has 0 radical (unpaired) electrons. The largest absolute Gasteiger partial charge is 0.313 e. The third-order valence-corrected chi connectivity index (χ3v) is 3.83. The Kier molecular flexibility index (Phi) is 4.75. The first-order chi connectivity index (χ1) is 7.84. The van der Waals surface area contributed by atoms with E-state index in [4.69, 9.17) is 0 Å². The molecular formula is C12H21N3S. The van der Waals surface area contributed by atoms with Gasteiger partial charge in [-0.25, -0.2) is 4.98 Å². The molecule has 0 spiro atoms. The van der Waals surface area contributed by atoms with Gasteiger partial charge >= 0.3 is 0 Å². The molecule has 0 bridgehead atoms. The van der Waals surface area contributed by atoms with E-state index < -0.39 is 0 Å². The normalized spacial score (nSPS) is 17.4. The fourth-order valence-electron chi connectivity index (χ4n) is 2.26. The van der Waals surface area contributed by atoms with Crippen molar-refractivity contribution in [2.24, 2.45) is 0 Å². The number of aromatic nitrogens is 1. The van der Waals surface area contributed by atoms with Crippen LogP contribution in [0, 0.1) is 0 Å². The third-order valence-electron chi connectivity index (χ3n) is 3.20. The fraction of sp³-hybridized carbons (Fsp3) is 0.750. The maximum absolute atomic E-state index is 4.30. The number of hydrogen-bond acceptors (Lipinski definition) is 4. The molecule has 0 aromatic carbocycles. The number of likely N-dealkylation sites (N-methyl/N-ethyl adjacent to an activating group) is 1. The lowest BCUT2D eigenvalue weighted by atomic mass is 10.2. The molecule has 90 valence electrons. The molecule has 1 aliphatic rings. The van der Waals surface area contributed by atoms with E-state index in [0.717, 1.165) is 25.7 Å². The van der Waals surface area contributed by atoms with Crippen LogP contribution in [0.3, 0.4) is 0 Å². The van der Waals surface area contributed by atoms with Crippen LogP contribution >= 0.6 is 11.3 Å². The predicted molar refractivity (Wildman–Crippen MR) is 68.7 cm³/mol. The second-order valence-electron chi connectivity index (χ2n) is 4.65. The number of nitrogens with one attached hydrogen (secondary N) is 1. The number of nitrogens with zero attached hydrogens (tertiary/aromatic N) is 2. The Morgan fingerprint density at radius 3 is 3.00 bits per heavy atom. The van der Waals surface area contributed by atoms with E-state index >= 15 is 0 Å². The molecule has 1 heterocycles. The first kappa shape index (κ1) is 12.0. The Morgan fingerprint density at radius 2 is 2.31 bits per heavy atom. The molecule has 16 heavy (non-hydrogen) atoms. The molecule has 0 atom stereocenters. The minimum absolute atomic E-state index is 0.785. The number of hydrogen-bond donors (Lipinski definition) is 1. The van der Waals surface area contributed by atoms with E-state index in [9.17, 15) is 0 Å². The second-order valence-corrected chi connectivity index (χ2v) is 5.37. The minimum Gasteiger partial charge on any atom is -0.313 e. The van der Waals surface area contributed by atoms with Crippen LogP contribution in [0.5, 0.6) is 0 Å². The maximum atomic E-state index is 4.30. The van der Waals surface area contributed by atoms with Crippen molar-refractivity contribution in [3.63, 3.8) is 0 Å². The lowest BCUT2D eigenvalue weighted by molar-refractivity contribution is 0.314. The second kappa shape index (κ2) is 6.33. The summed E-state index contributed by atoms with van der Waals surface area (Å²) in [6.07, 6.45) is 5.56. The van der Waals surface area contributed by atoms with E-state index in [0.29, 0.717) is 0 Å². The lowest BCUT2D eigenvalue weighted by Gasteiger charge is -2.18. The van der Waals surface area contributed by atoms with Gasteiger partial charge in [0.05, 0.1) is 11.2 Å². The summed E-state index contributed by atoms with van der Waals surface area (Å²) in [4.78, 5) is 6.63. The Labute approximate surface area is 102 Å². The van der Waals surface area contributed by atoms with E-state index in [1.54, 1.807) is 11.3 Å². The van der Waals surface area contributed by atoms with Crippen molar-refractivity contribution in [2.45, 2.75) is 38.3 Å². The molecule has 1 saturated carbocycles. The molecule has 0 saturated heterocycles. The van der Waals surface area contributed by atoms with Crippen LogP contribution in [-0.2, 0) is 6.54 Å². The minimum atomic E-state index is 0.785. The zero-order valence-electron chi connectivity index (χ0n) is 9.98. The van der Waals surface area contributed by atoms with Gasteiger partial charge < -0.3 is 5.32 Å². The molecule has 1 fully saturated rings. The zero-order chi connectivity index (χ0) is 11.2. The quantitative estimate of drug-likeness (QED) is 0.824. The summed E-state index contributed by atoms with van der Waals surface area (Å²) in [5.41, 5.74) is 3.09. The first-order valence-corrected chi connectivity index (χ1v) is 7.08. The van der Waals surface area contributed by atoms with Crippen LogP contribution in [-0.4, -0.2) is 36.1 Å². The van der Waals surface area contributed by atoms with E-state index in [-0.39, 0.29) is 0 Å². The van der Waals surface area contributed by atoms with Gasteiger partial charge in [0.15, 0.2) is 0 Å². The lowest BCUT2D eigenvalue weighted by Crippen LogP contribution is -2.34. The Morgan fingerprint density at radius 1 is 1.50 bits per heavy atom. The van der Waals surface area contributed by atoms with E-state index in [1.807, 2.05) is 5.51 Å². The molecule has 4 heteroatoms. The van der Waals surface area contributed by atoms with Gasteiger partial charge in [0.2, 0.25) is 0 Å². The summed E-state index contributed by atoms with van der Waals surface area (Å²) in [5.74, 6) is 0. The molecule has 0 amide bonds. The highest BCUT2D eigenvalue weighted by Crippen LogP contribution is 2.17. The molecule has 2 rings (SSSR count). The highest BCUT2D eigenvalue weighted by molar-refractivity contribution is 7.07. The van der Waals surface area contributed by atoms with Crippen molar-refractivity contribution in [3.8, 4) is 0 Å². The summed E-state index contributed by atoms with van der Waals surface area (Å²) >= 11 is 1.67. The van der Waals surface area contributed by atoms with Gasteiger partial charge in [-0.1, -0.05) is 12.8 Å². The molecule has 0 aliphatic heterocycles. The average molecular weight is 239 g/mol. The van der Waals surface area contributed by atoms with Gasteiger partial charge in [-0.05, 0) is 19.9 Å². The van der Waals surface area contributed by atoms with E-state index in [2.05, 4.69) is 27.6 Å². The fourth-order valence-corrected chi connectivity index (χ4v) is 2.81. The molecule has 1 N–H and O–H groups in total. The Bertz CT molecular complexity index is 280. The highest BCUT2D eigenvalue weighted by atomic mass is 32.1. The molecular weight excluding hydrogens is 218 g/mol. The summed E-state index contributed by atoms with van der Waals surface area (Å²) in [7, 11) is 2.16. The monoisotopic (exact) mass is 239 g/mol. The summed E-state index contributed by atoms with van der Waals surface area (Å²) in [6, 6.07) is 0.785. The highest BCUT2D eigenvalue weighted by Gasteiger charge is 2.13. The van der Waals surface area contributed by atoms with Crippen LogP contribution in [0.25, 0.3) is 0 Å². The number of thiazole rings is 1. The van der Waals surface area contributed by atoms with Gasteiger partial charge in [0.1, 0.15) is 0 Å². The van der Waals surface area contributed by atoms with E-state index in [1.165, 1.54) is 31.4 Å². The van der Waals surface area contributed by atoms with Gasteiger partial charge in [0, 0.05) is 31.1 Å². The molecule has 0 unspecified atom stereocenters. The van der Waals surface area contributed by atoms with Crippen molar-refractivity contribution >= 4 is 11.3 Å². The van der Waals surface area contributed by atoms with Crippen LogP contribution < -0.4 is 5.32 Å².